The molecule has 0 radical (unpaired) electrons. The molecule has 1 unspecified atom stereocenters. The van der Waals surface area contributed by atoms with Crippen LogP contribution in [0.15, 0.2) is 24.4 Å². The zero-order chi connectivity index (χ0) is 15.6. The van der Waals surface area contributed by atoms with E-state index in [9.17, 15) is 14.3 Å². The zero-order valence-electron chi connectivity index (χ0n) is 12.1. The van der Waals surface area contributed by atoms with Crippen molar-refractivity contribution in [2.24, 2.45) is 5.92 Å². The van der Waals surface area contributed by atoms with Crippen LogP contribution in [0.4, 0.5) is 10.2 Å². The van der Waals surface area contributed by atoms with E-state index >= 15 is 0 Å². The van der Waals surface area contributed by atoms with Crippen LogP contribution in [-0.4, -0.2) is 29.2 Å². The SMILES string of the molecule is COc1cc2ccnc(NC(C(=O)O)C(C)C)c2cc1F. The van der Waals surface area contributed by atoms with E-state index in [1.165, 1.54) is 13.2 Å². The van der Waals surface area contributed by atoms with Gasteiger partial charge < -0.3 is 15.2 Å². The lowest BCUT2D eigenvalue weighted by molar-refractivity contribution is -0.138. The number of halogens is 1. The number of hydrogen-bond acceptors (Lipinski definition) is 4. The van der Waals surface area contributed by atoms with E-state index < -0.39 is 17.8 Å². The normalized spacial score (nSPS) is 12.4. The van der Waals surface area contributed by atoms with E-state index in [-0.39, 0.29) is 11.7 Å². The Morgan fingerprint density at radius 1 is 1.43 bits per heavy atom. The average Bonchev–Trinajstić information content (AvgIpc) is 2.43. The number of carboxylic acids is 1. The number of ether oxygens (including phenoxy) is 1. The fourth-order valence-electron chi connectivity index (χ4n) is 2.11. The number of anilines is 1. The predicted octanol–water partition coefficient (Wildman–Crippen LogP) is 2.90. The number of benzene rings is 1. The summed E-state index contributed by atoms with van der Waals surface area (Å²) < 4.78 is 18.8. The van der Waals surface area contributed by atoms with Crippen LogP contribution in [0.5, 0.6) is 5.75 Å². The second kappa shape index (κ2) is 5.95. The summed E-state index contributed by atoms with van der Waals surface area (Å²) in [6, 6.07) is 3.77. The van der Waals surface area contributed by atoms with Gasteiger partial charge in [-0.05, 0) is 29.5 Å². The van der Waals surface area contributed by atoms with E-state index in [0.29, 0.717) is 11.2 Å². The van der Waals surface area contributed by atoms with Crippen LogP contribution in [0.3, 0.4) is 0 Å². The minimum Gasteiger partial charge on any atom is -0.494 e. The number of aliphatic carboxylic acids is 1. The van der Waals surface area contributed by atoms with Gasteiger partial charge in [0.15, 0.2) is 11.6 Å². The smallest absolute Gasteiger partial charge is 0.326 e. The van der Waals surface area contributed by atoms with E-state index in [1.54, 1.807) is 32.2 Å². The average molecular weight is 292 g/mol. The highest BCUT2D eigenvalue weighted by Gasteiger charge is 2.22. The molecule has 2 N–H and O–H groups in total. The van der Waals surface area contributed by atoms with Crippen molar-refractivity contribution in [2.75, 3.05) is 12.4 Å². The zero-order valence-corrected chi connectivity index (χ0v) is 12.1. The summed E-state index contributed by atoms with van der Waals surface area (Å²) in [5, 5.41) is 13.3. The topological polar surface area (TPSA) is 71.5 Å². The third-order valence-electron chi connectivity index (χ3n) is 3.26. The molecule has 0 saturated heterocycles. The molecule has 0 bridgehead atoms. The van der Waals surface area contributed by atoms with Crippen LogP contribution in [0, 0.1) is 11.7 Å². The molecule has 0 aliphatic heterocycles. The molecule has 112 valence electrons. The number of fused-ring (bicyclic) bond motifs is 1. The van der Waals surface area contributed by atoms with Gasteiger partial charge in [0, 0.05) is 11.6 Å². The van der Waals surface area contributed by atoms with Crippen LogP contribution in [0.25, 0.3) is 10.8 Å². The lowest BCUT2D eigenvalue weighted by Crippen LogP contribution is -2.34. The molecule has 0 fully saturated rings. The first-order valence-electron chi connectivity index (χ1n) is 6.55. The number of rotatable bonds is 5. The van der Waals surface area contributed by atoms with Gasteiger partial charge in [0.2, 0.25) is 0 Å². The largest absolute Gasteiger partial charge is 0.494 e. The van der Waals surface area contributed by atoms with Crippen molar-refractivity contribution in [1.29, 1.82) is 0 Å². The molecule has 1 heterocycles. The molecule has 2 aromatic rings. The van der Waals surface area contributed by atoms with E-state index in [2.05, 4.69) is 10.3 Å². The maximum Gasteiger partial charge on any atom is 0.326 e. The van der Waals surface area contributed by atoms with Crippen LogP contribution in [0.2, 0.25) is 0 Å². The maximum absolute atomic E-state index is 13.9. The summed E-state index contributed by atoms with van der Waals surface area (Å²) in [5.41, 5.74) is 0. The number of carbonyl (C=O) groups is 1. The Labute approximate surface area is 121 Å². The summed E-state index contributed by atoms with van der Waals surface area (Å²) in [6.07, 6.45) is 1.54. The Bertz CT molecular complexity index is 673. The predicted molar refractivity (Wildman–Crippen MR) is 78.1 cm³/mol. The highest BCUT2D eigenvalue weighted by atomic mass is 19.1. The summed E-state index contributed by atoms with van der Waals surface area (Å²) in [6.45, 7) is 3.58. The monoisotopic (exact) mass is 292 g/mol. The van der Waals surface area contributed by atoms with Crippen molar-refractivity contribution in [2.45, 2.75) is 19.9 Å². The molecule has 2 rings (SSSR count). The number of methoxy groups -OCH3 is 1. The second-order valence-corrected chi connectivity index (χ2v) is 5.07. The molecular formula is C15H17FN2O3. The van der Waals surface area contributed by atoms with Crippen molar-refractivity contribution < 1.29 is 19.0 Å². The molecular weight excluding hydrogens is 275 g/mol. The van der Waals surface area contributed by atoms with Gasteiger partial charge in [0.1, 0.15) is 11.9 Å². The van der Waals surface area contributed by atoms with Crippen LogP contribution in [-0.2, 0) is 4.79 Å². The lowest BCUT2D eigenvalue weighted by Gasteiger charge is -2.19. The Balaban J connectivity index is 2.49. The minimum atomic E-state index is -0.974. The van der Waals surface area contributed by atoms with Gasteiger partial charge in [-0.2, -0.15) is 0 Å². The van der Waals surface area contributed by atoms with Crippen LogP contribution in [0.1, 0.15) is 13.8 Å². The third kappa shape index (κ3) is 3.04. The molecule has 5 nitrogen and oxygen atoms in total. The summed E-state index contributed by atoms with van der Waals surface area (Å²) in [5.74, 6) is -1.15. The van der Waals surface area contributed by atoms with Crippen molar-refractivity contribution in [3.8, 4) is 5.75 Å². The molecule has 1 atom stereocenters. The first kappa shape index (κ1) is 15.0. The second-order valence-electron chi connectivity index (χ2n) is 5.07. The van der Waals surface area contributed by atoms with Gasteiger partial charge in [-0.1, -0.05) is 13.8 Å². The van der Waals surface area contributed by atoms with Gasteiger partial charge >= 0.3 is 5.97 Å². The Kier molecular flexibility index (Phi) is 4.26. The Morgan fingerprint density at radius 2 is 2.14 bits per heavy atom. The molecule has 6 heteroatoms. The summed E-state index contributed by atoms with van der Waals surface area (Å²) in [4.78, 5) is 15.4. The Hall–Kier alpha value is -2.37. The highest BCUT2D eigenvalue weighted by molar-refractivity contribution is 5.94. The minimum absolute atomic E-state index is 0.136. The van der Waals surface area contributed by atoms with Gasteiger partial charge in [-0.15, -0.1) is 0 Å². The summed E-state index contributed by atoms with van der Waals surface area (Å²) >= 11 is 0. The number of hydrogen-bond donors (Lipinski definition) is 2. The fourth-order valence-corrected chi connectivity index (χ4v) is 2.11. The first-order valence-corrected chi connectivity index (χ1v) is 6.55. The van der Waals surface area contributed by atoms with Crippen LogP contribution < -0.4 is 10.1 Å². The number of pyridine rings is 1. The molecule has 1 aromatic heterocycles. The highest BCUT2D eigenvalue weighted by Crippen LogP contribution is 2.29. The van der Waals surface area contributed by atoms with Gasteiger partial charge in [0.25, 0.3) is 0 Å². The molecule has 0 spiro atoms. The van der Waals surface area contributed by atoms with Gasteiger partial charge in [-0.25, -0.2) is 14.2 Å². The summed E-state index contributed by atoms with van der Waals surface area (Å²) in [7, 11) is 1.39. The number of aromatic nitrogens is 1. The molecule has 21 heavy (non-hydrogen) atoms. The molecule has 0 saturated carbocycles. The van der Waals surface area contributed by atoms with Gasteiger partial charge in [-0.3, -0.25) is 0 Å². The first-order chi connectivity index (χ1) is 9.93. The van der Waals surface area contributed by atoms with Crippen LogP contribution >= 0.6 is 0 Å². The molecule has 0 aliphatic carbocycles. The molecule has 0 aliphatic rings. The van der Waals surface area contributed by atoms with Crippen molar-refractivity contribution in [1.82, 2.24) is 4.98 Å². The molecule has 1 aromatic carbocycles. The number of carboxylic acid groups (broad SMARTS) is 1. The van der Waals surface area contributed by atoms with Gasteiger partial charge in [0.05, 0.1) is 7.11 Å². The van der Waals surface area contributed by atoms with E-state index in [1.807, 2.05) is 0 Å². The quantitative estimate of drug-likeness (QED) is 0.886. The van der Waals surface area contributed by atoms with Crippen molar-refractivity contribution in [3.63, 3.8) is 0 Å². The lowest BCUT2D eigenvalue weighted by atomic mass is 10.0. The molecule has 0 amide bonds. The maximum atomic E-state index is 13.9. The standard InChI is InChI=1S/C15H17FN2O3/c1-8(2)13(15(19)20)18-14-10-7-11(16)12(21-3)6-9(10)4-5-17-14/h4-8,13H,1-3H3,(H,17,18)(H,19,20). The van der Waals surface area contributed by atoms with E-state index in [0.717, 1.165) is 5.39 Å². The van der Waals surface area contributed by atoms with Crippen molar-refractivity contribution >= 4 is 22.6 Å². The fraction of sp³-hybridized carbons (Fsp3) is 0.333. The Morgan fingerprint density at radius 3 is 2.71 bits per heavy atom. The van der Waals surface area contributed by atoms with E-state index in [4.69, 9.17) is 4.74 Å². The third-order valence-corrected chi connectivity index (χ3v) is 3.26. The number of nitrogens with one attached hydrogen (secondary N) is 1. The van der Waals surface area contributed by atoms with Crippen molar-refractivity contribution in [3.05, 3.63) is 30.2 Å². The number of nitrogens with zero attached hydrogens (tertiary/aromatic N) is 1.